The van der Waals surface area contributed by atoms with E-state index >= 15 is 0 Å². The quantitative estimate of drug-likeness (QED) is 0.299. The van der Waals surface area contributed by atoms with Gasteiger partial charge >= 0.3 is 12.6 Å². The Hall–Kier alpha value is -4.78. The lowest BCUT2D eigenvalue weighted by Gasteiger charge is -2.35. The van der Waals surface area contributed by atoms with Crippen LogP contribution in [-0.4, -0.2) is 88.0 Å². The number of piperazine rings is 1. The van der Waals surface area contributed by atoms with Crippen LogP contribution in [0.2, 0.25) is 0 Å². The van der Waals surface area contributed by atoms with Gasteiger partial charge in [-0.05, 0) is 67.9 Å². The van der Waals surface area contributed by atoms with E-state index in [4.69, 9.17) is 0 Å². The SMILES string of the molecule is Cc1cc(Nc2nccn3c(-c4ccc(OC(F)F)cc4)cnc23)ccc1C(=O)N1CCN(C(=O)N[C@H]2CCNC2)CC1. The number of nitrogens with zero attached hydrogens (tertiary/aromatic N) is 5. The van der Waals surface area contributed by atoms with Crippen LogP contribution in [0, 0.1) is 6.92 Å². The van der Waals surface area contributed by atoms with E-state index in [0.29, 0.717) is 43.2 Å². The summed E-state index contributed by atoms with van der Waals surface area (Å²) < 4.78 is 31.3. The maximum Gasteiger partial charge on any atom is 0.387 e. The number of benzene rings is 2. The zero-order chi connectivity index (χ0) is 29.9. The minimum absolute atomic E-state index is 0.0628. The predicted octanol–water partition coefficient (Wildman–Crippen LogP) is 3.88. The molecule has 224 valence electrons. The van der Waals surface area contributed by atoms with Crippen molar-refractivity contribution < 1.29 is 23.1 Å². The molecule has 2 fully saturated rings. The molecule has 2 aromatic carbocycles. The van der Waals surface area contributed by atoms with Gasteiger partial charge in [-0.1, -0.05) is 0 Å². The molecule has 0 saturated carbocycles. The van der Waals surface area contributed by atoms with Crippen molar-refractivity contribution in [2.75, 3.05) is 44.6 Å². The topological polar surface area (TPSA) is 116 Å². The first-order valence-electron chi connectivity index (χ1n) is 14.2. The number of hydrogen-bond donors (Lipinski definition) is 3. The van der Waals surface area contributed by atoms with E-state index in [1.54, 1.807) is 46.6 Å². The summed E-state index contributed by atoms with van der Waals surface area (Å²) in [5.41, 5.74) is 4.27. The zero-order valence-electron chi connectivity index (χ0n) is 23.6. The lowest BCUT2D eigenvalue weighted by molar-refractivity contribution is -0.0498. The zero-order valence-corrected chi connectivity index (χ0v) is 23.6. The van der Waals surface area contributed by atoms with Crippen LogP contribution in [-0.2, 0) is 0 Å². The summed E-state index contributed by atoms with van der Waals surface area (Å²) in [7, 11) is 0. The molecule has 6 rings (SSSR count). The second kappa shape index (κ2) is 12.2. The second-order valence-corrected chi connectivity index (χ2v) is 10.6. The molecule has 1 atom stereocenters. The van der Waals surface area contributed by atoms with Gasteiger partial charge in [0.05, 0.1) is 11.9 Å². The van der Waals surface area contributed by atoms with E-state index in [0.717, 1.165) is 42.0 Å². The molecular formula is C30H32F2N8O3. The summed E-state index contributed by atoms with van der Waals surface area (Å²) in [4.78, 5) is 38.5. The highest BCUT2D eigenvalue weighted by Gasteiger charge is 2.27. The third-order valence-electron chi connectivity index (χ3n) is 7.76. The highest BCUT2D eigenvalue weighted by molar-refractivity contribution is 5.96. The Balaban J connectivity index is 1.11. The van der Waals surface area contributed by atoms with Gasteiger partial charge in [0.2, 0.25) is 0 Å². The monoisotopic (exact) mass is 590 g/mol. The summed E-state index contributed by atoms with van der Waals surface area (Å²) in [6, 6.07) is 12.0. The molecule has 0 spiro atoms. The van der Waals surface area contributed by atoms with Crippen molar-refractivity contribution in [3.63, 3.8) is 0 Å². The number of hydrogen-bond acceptors (Lipinski definition) is 7. The van der Waals surface area contributed by atoms with Crippen LogP contribution in [0.1, 0.15) is 22.3 Å². The van der Waals surface area contributed by atoms with E-state index in [1.165, 1.54) is 12.1 Å². The summed E-state index contributed by atoms with van der Waals surface area (Å²) >= 11 is 0. The molecule has 2 aliphatic heterocycles. The molecule has 2 aliphatic rings. The molecule has 11 nitrogen and oxygen atoms in total. The van der Waals surface area contributed by atoms with Crippen molar-refractivity contribution in [1.82, 2.24) is 34.8 Å². The normalized spacial score (nSPS) is 17.0. The molecular weight excluding hydrogens is 558 g/mol. The number of aromatic nitrogens is 3. The molecule has 0 radical (unpaired) electrons. The highest BCUT2D eigenvalue weighted by atomic mass is 19.3. The number of anilines is 2. The second-order valence-electron chi connectivity index (χ2n) is 10.6. The number of ether oxygens (including phenoxy) is 1. The number of amides is 3. The minimum atomic E-state index is -2.88. The largest absolute Gasteiger partial charge is 0.435 e. The number of rotatable bonds is 7. The average Bonchev–Trinajstić information content (AvgIpc) is 3.68. The minimum Gasteiger partial charge on any atom is -0.435 e. The number of nitrogens with one attached hydrogen (secondary N) is 3. The van der Waals surface area contributed by atoms with Crippen molar-refractivity contribution in [2.24, 2.45) is 0 Å². The molecule has 3 amide bonds. The van der Waals surface area contributed by atoms with Gasteiger partial charge in [0.1, 0.15) is 5.75 Å². The van der Waals surface area contributed by atoms with Gasteiger partial charge in [0.25, 0.3) is 5.91 Å². The Morgan fingerprint density at radius 2 is 1.81 bits per heavy atom. The third kappa shape index (κ3) is 6.21. The first-order valence-corrected chi connectivity index (χ1v) is 14.2. The summed E-state index contributed by atoms with van der Waals surface area (Å²) in [5, 5.41) is 9.61. The van der Waals surface area contributed by atoms with Crippen LogP contribution >= 0.6 is 0 Å². The first kappa shape index (κ1) is 28.3. The smallest absolute Gasteiger partial charge is 0.387 e. The maximum atomic E-state index is 13.3. The van der Waals surface area contributed by atoms with E-state index in [-0.39, 0.29) is 23.7 Å². The Morgan fingerprint density at radius 1 is 1.05 bits per heavy atom. The number of halogens is 2. The Labute approximate surface area is 246 Å². The van der Waals surface area contributed by atoms with Crippen molar-refractivity contribution in [3.05, 3.63) is 72.2 Å². The van der Waals surface area contributed by atoms with Gasteiger partial charge in [-0.15, -0.1) is 0 Å². The lowest BCUT2D eigenvalue weighted by Crippen LogP contribution is -2.54. The molecule has 4 aromatic rings. The first-order chi connectivity index (χ1) is 20.9. The Kier molecular flexibility index (Phi) is 8.05. The van der Waals surface area contributed by atoms with Crippen LogP contribution in [0.4, 0.5) is 25.1 Å². The fourth-order valence-corrected chi connectivity index (χ4v) is 5.47. The number of fused-ring (bicyclic) bond motifs is 1. The molecule has 2 saturated heterocycles. The number of carbonyl (C=O) groups excluding carboxylic acids is 2. The fourth-order valence-electron chi connectivity index (χ4n) is 5.47. The van der Waals surface area contributed by atoms with Gasteiger partial charge in [-0.3, -0.25) is 9.20 Å². The molecule has 3 N–H and O–H groups in total. The van der Waals surface area contributed by atoms with Gasteiger partial charge in [0.15, 0.2) is 11.5 Å². The average molecular weight is 591 g/mol. The third-order valence-corrected chi connectivity index (χ3v) is 7.76. The molecule has 2 aromatic heterocycles. The number of urea groups is 1. The van der Waals surface area contributed by atoms with Gasteiger partial charge < -0.3 is 30.5 Å². The molecule has 43 heavy (non-hydrogen) atoms. The number of carbonyl (C=O) groups is 2. The van der Waals surface area contributed by atoms with Crippen LogP contribution in [0.5, 0.6) is 5.75 Å². The molecule has 0 bridgehead atoms. The molecule has 13 heteroatoms. The molecule has 0 unspecified atom stereocenters. The van der Waals surface area contributed by atoms with E-state index < -0.39 is 6.61 Å². The summed E-state index contributed by atoms with van der Waals surface area (Å²) in [6.45, 7) is 2.65. The van der Waals surface area contributed by atoms with Crippen molar-refractivity contribution >= 4 is 29.1 Å². The van der Waals surface area contributed by atoms with Gasteiger partial charge in [-0.2, -0.15) is 8.78 Å². The summed E-state index contributed by atoms with van der Waals surface area (Å²) in [6.07, 6.45) is 6.03. The Bertz CT molecular complexity index is 1610. The fraction of sp³-hybridized carbons (Fsp3) is 0.333. The van der Waals surface area contributed by atoms with E-state index in [9.17, 15) is 18.4 Å². The lowest BCUT2D eigenvalue weighted by atomic mass is 10.1. The summed E-state index contributed by atoms with van der Waals surface area (Å²) in [5.74, 6) is 0.538. The van der Waals surface area contributed by atoms with Crippen LogP contribution in [0.25, 0.3) is 16.9 Å². The van der Waals surface area contributed by atoms with Crippen LogP contribution in [0.3, 0.4) is 0 Å². The van der Waals surface area contributed by atoms with Gasteiger partial charge in [0, 0.05) is 68.0 Å². The van der Waals surface area contributed by atoms with Crippen molar-refractivity contribution in [2.45, 2.75) is 26.0 Å². The number of aryl methyl sites for hydroxylation is 1. The maximum absolute atomic E-state index is 13.3. The standard InChI is InChI=1S/C30H32F2N8O3/c1-19-16-21(4-7-24(19)28(41)38-12-14-39(15-13-38)30(42)37-22-8-9-33-17-22)36-26-27-35-18-25(40(27)11-10-34-26)20-2-5-23(6-3-20)43-29(31)32/h2-7,10-11,16,18,22,29,33H,8-9,12-15,17H2,1H3,(H,34,36)(H,37,42)/t22-/m0/s1. The van der Waals surface area contributed by atoms with E-state index in [2.05, 4.69) is 30.7 Å². The van der Waals surface area contributed by atoms with Crippen LogP contribution in [0.15, 0.2) is 61.1 Å². The predicted molar refractivity (Wildman–Crippen MR) is 157 cm³/mol. The van der Waals surface area contributed by atoms with Crippen LogP contribution < -0.4 is 20.7 Å². The van der Waals surface area contributed by atoms with E-state index in [1.807, 2.05) is 23.5 Å². The molecule has 4 heterocycles. The molecule has 0 aliphatic carbocycles. The van der Waals surface area contributed by atoms with Gasteiger partial charge in [-0.25, -0.2) is 14.8 Å². The number of alkyl halides is 2. The van der Waals surface area contributed by atoms with Crippen molar-refractivity contribution in [3.8, 4) is 17.0 Å². The Morgan fingerprint density at radius 3 is 2.51 bits per heavy atom. The van der Waals surface area contributed by atoms with Crippen molar-refractivity contribution in [1.29, 1.82) is 0 Å². The highest BCUT2D eigenvalue weighted by Crippen LogP contribution is 2.28. The number of imidazole rings is 1.